The Morgan fingerprint density at radius 1 is 0.943 bits per heavy atom. The number of anilines is 4. The van der Waals surface area contributed by atoms with Crippen molar-refractivity contribution in [1.82, 2.24) is 9.97 Å². The summed E-state index contributed by atoms with van der Waals surface area (Å²) < 4.78 is 16.3. The first-order valence-electron chi connectivity index (χ1n) is 11.2. The van der Waals surface area contributed by atoms with E-state index in [4.69, 9.17) is 24.9 Å². The fourth-order valence-corrected chi connectivity index (χ4v) is 5.59. The number of benzene rings is 2. The van der Waals surface area contributed by atoms with Crippen LogP contribution in [0.15, 0.2) is 41.8 Å². The van der Waals surface area contributed by atoms with Crippen molar-refractivity contribution in [3.8, 4) is 38.4 Å². The highest BCUT2D eigenvalue weighted by Gasteiger charge is 2.18. The van der Waals surface area contributed by atoms with Crippen LogP contribution in [0.1, 0.15) is 13.8 Å². The fraction of sp³-hybridized carbons (Fsp3) is 0.280. The van der Waals surface area contributed by atoms with Crippen molar-refractivity contribution >= 4 is 45.0 Å². The molecule has 0 saturated carbocycles. The van der Waals surface area contributed by atoms with E-state index in [0.29, 0.717) is 28.2 Å². The summed E-state index contributed by atoms with van der Waals surface area (Å²) in [7, 11) is 4.73. The van der Waals surface area contributed by atoms with Gasteiger partial charge in [-0.2, -0.15) is 0 Å². The molecule has 4 rings (SSSR count). The molecule has 0 bridgehead atoms. The summed E-state index contributed by atoms with van der Waals surface area (Å²) >= 11 is 3.00. The number of nitrogens with one attached hydrogen (secondary N) is 1. The molecule has 4 aromatic rings. The third-order valence-electron chi connectivity index (χ3n) is 5.56. The zero-order valence-corrected chi connectivity index (χ0v) is 22.0. The third-order valence-corrected chi connectivity index (χ3v) is 7.54. The summed E-state index contributed by atoms with van der Waals surface area (Å²) in [5, 5.41) is 6.81. The van der Waals surface area contributed by atoms with Gasteiger partial charge in [0.1, 0.15) is 15.7 Å². The van der Waals surface area contributed by atoms with E-state index < -0.39 is 0 Å². The molecule has 35 heavy (non-hydrogen) atoms. The van der Waals surface area contributed by atoms with E-state index in [1.54, 1.807) is 32.7 Å². The van der Waals surface area contributed by atoms with E-state index in [-0.39, 0.29) is 0 Å². The highest BCUT2D eigenvalue weighted by molar-refractivity contribution is 7.23. The number of aromatic nitrogens is 2. The Morgan fingerprint density at radius 2 is 1.60 bits per heavy atom. The van der Waals surface area contributed by atoms with Crippen LogP contribution in [-0.2, 0) is 0 Å². The standard InChI is InChI=1S/C25H29N5O3S2/c1-6-30(7-2)17-10-8-15(9-11-17)18-14-34-24(28-18)22-23(26)29-25(35-22)27-16-12-19(31-3)21(33-5)20(13-16)32-4/h8-14H,6-7,26H2,1-5H3,(H,27,29). The molecule has 2 aromatic heterocycles. The SMILES string of the molecule is CCN(CC)c1ccc(-c2csc(-c3sc(Nc4cc(OC)c(OC)c(OC)c4)nc3N)n2)cc1. The van der Waals surface area contributed by atoms with Crippen LogP contribution in [0.25, 0.3) is 21.1 Å². The van der Waals surface area contributed by atoms with Crippen LogP contribution in [0.4, 0.5) is 22.3 Å². The Kier molecular flexibility index (Phi) is 7.62. The molecular weight excluding hydrogens is 482 g/mol. The van der Waals surface area contributed by atoms with Crippen molar-refractivity contribution in [1.29, 1.82) is 0 Å². The predicted molar refractivity (Wildman–Crippen MR) is 146 cm³/mol. The van der Waals surface area contributed by atoms with Gasteiger partial charge in [0.2, 0.25) is 5.75 Å². The summed E-state index contributed by atoms with van der Waals surface area (Å²) in [6.45, 7) is 6.28. The molecule has 0 saturated heterocycles. The number of nitrogen functional groups attached to an aromatic ring is 1. The molecule has 0 fully saturated rings. The maximum Gasteiger partial charge on any atom is 0.203 e. The predicted octanol–water partition coefficient (Wildman–Crippen LogP) is 6.13. The highest BCUT2D eigenvalue weighted by Crippen LogP contribution is 2.43. The molecule has 3 N–H and O–H groups in total. The van der Waals surface area contributed by atoms with E-state index in [1.807, 2.05) is 17.5 Å². The van der Waals surface area contributed by atoms with Crippen molar-refractivity contribution in [3.05, 3.63) is 41.8 Å². The van der Waals surface area contributed by atoms with Crippen LogP contribution < -0.4 is 30.2 Å². The van der Waals surface area contributed by atoms with Gasteiger partial charge in [0.25, 0.3) is 0 Å². The lowest BCUT2D eigenvalue weighted by Crippen LogP contribution is -2.21. The minimum Gasteiger partial charge on any atom is -0.493 e. The summed E-state index contributed by atoms with van der Waals surface area (Å²) in [4.78, 5) is 12.5. The number of hydrogen-bond acceptors (Lipinski definition) is 10. The molecule has 0 aliphatic carbocycles. The second-order valence-electron chi connectivity index (χ2n) is 7.53. The van der Waals surface area contributed by atoms with E-state index in [1.165, 1.54) is 17.0 Å². The molecule has 0 unspecified atom stereocenters. The molecular formula is C25H29N5O3S2. The Bertz CT molecular complexity index is 1260. The van der Waals surface area contributed by atoms with Crippen LogP contribution in [0.3, 0.4) is 0 Å². The summed E-state index contributed by atoms with van der Waals surface area (Å²) in [6.07, 6.45) is 0. The molecule has 2 aromatic carbocycles. The minimum absolute atomic E-state index is 0.433. The summed E-state index contributed by atoms with van der Waals surface area (Å²) in [5.41, 5.74) is 10.2. The van der Waals surface area contributed by atoms with E-state index in [2.05, 4.69) is 53.3 Å². The third kappa shape index (κ3) is 5.13. The average molecular weight is 512 g/mol. The lowest BCUT2D eigenvalue weighted by molar-refractivity contribution is 0.324. The normalized spacial score (nSPS) is 10.8. The first-order chi connectivity index (χ1) is 17.0. The summed E-state index contributed by atoms with van der Waals surface area (Å²) in [6, 6.07) is 12.1. The second kappa shape index (κ2) is 10.8. The summed E-state index contributed by atoms with van der Waals surface area (Å²) in [5.74, 6) is 2.06. The molecule has 184 valence electrons. The number of rotatable bonds is 10. The molecule has 0 aliphatic rings. The molecule has 0 spiro atoms. The maximum atomic E-state index is 6.27. The maximum absolute atomic E-state index is 6.27. The molecule has 0 atom stereocenters. The van der Waals surface area contributed by atoms with Gasteiger partial charge in [0, 0.05) is 47.5 Å². The van der Waals surface area contributed by atoms with Crippen LogP contribution in [0, 0.1) is 0 Å². The Hall–Kier alpha value is -3.50. The Morgan fingerprint density at radius 3 is 2.17 bits per heavy atom. The van der Waals surface area contributed by atoms with Gasteiger partial charge in [-0.1, -0.05) is 23.5 Å². The van der Waals surface area contributed by atoms with Crippen molar-refractivity contribution in [3.63, 3.8) is 0 Å². The molecule has 2 heterocycles. The Balaban J connectivity index is 1.56. The largest absolute Gasteiger partial charge is 0.493 e. The number of thiazole rings is 2. The van der Waals surface area contributed by atoms with Crippen LogP contribution in [0.2, 0.25) is 0 Å². The second-order valence-corrected chi connectivity index (χ2v) is 9.39. The van der Waals surface area contributed by atoms with Crippen molar-refractivity contribution < 1.29 is 14.2 Å². The number of nitrogens with two attached hydrogens (primary N) is 1. The monoisotopic (exact) mass is 511 g/mol. The van der Waals surface area contributed by atoms with Gasteiger partial charge < -0.3 is 30.2 Å². The van der Waals surface area contributed by atoms with Gasteiger partial charge in [0.05, 0.1) is 27.0 Å². The number of methoxy groups -OCH3 is 3. The molecule has 8 nitrogen and oxygen atoms in total. The van der Waals surface area contributed by atoms with Crippen LogP contribution in [0.5, 0.6) is 17.2 Å². The molecule has 0 aliphatic heterocycles. The van der Waals surface area contributed by atoms with Gasteiger partial charge in [-0.25, -0.2) is 9.97 Å². The van der Waals surface area contributed by atoms with Gasteiger partial charge in [-0.15, -0.1) is 11.3 Å². The molecule has 0 amide bonds. The first kappa shape index (κ1) is 24.6. The van der Waals surface area contributed by atoms with Crippen LogP contribution in [-0.4, -0.2) is 44.4 Å². The van der Waals surface area contributed by atoms with Crippen LogP contribution >= 0.6 is 22.7 Å². The van der Waals surface area contributed by atoms with Gasteiger partial charge in [0.15, 0.2) is 16.6 Å². The zero-order chi connectivity index (χ0) is 24.9. The van der Waals surface area contributed by atoms with Gasteiger partial charge >= 0.3 is 0 Å². The van der Waals surface area contributed by atoms with Gasteiger partial charge in [-0.3, -0.25) is 0 Å². The lowest BCUT2D eigenvalue weighted by atomic mass is 10.1. The van der Waals surface area contributed by atoms with Crippen molar-refractivity contribution in [2.45, 2.75) is 13.8 Å². The van der Waals surface area contributed by atoms with Crippen molar-refractivity contribution in [2.24, 2.45) is 0 Å². The Labute approximate surface area is 213 Å². The van der Waals surface area contributed by atoms with E-state index >= 15 is 0 Å². The molecule has 0 radical (unpaired) electrons. The average Bonchev–Trinajstić information content (AvgIpc) is 3.51. The topological polar surface area (TPSA) is 94.8 Å². The quantitative estimate of drug-likeness (QED) is 0.262. The van der Waals surface area contributed by atoms with E-state index in [0.717, 1.165) is 39.9 Å². The highest BCUT2D eigenvalue weighted by atomic mass is 32.1. The first-order valence-corrected chi connectivity index (χ1v) is 12.8. The number of nitrogens with zero attached hydrogens (tertiary/aromatic N) is 3. The minimum atomic E-state index is 0.433. The molecule has 10 heteroatoms. The lowest BCUT2D eigenvalue weighted by Gasteiger charge is -2.20. The smallest absolute Gasteiger partial charge is 0.203 e. The fourth-order valence-electron chi connectivity index (χ4n) is 3.76. The van der Waals surface area contributed by atoms with E-state index in [9.17, 15) is 0 Å². The van der Waals surface area contributed by atoms with Gasteiger partial charge in [-0.05, 0) is 26.0 Å². The number of hydrogen-bond donors (Lipinski definition) is 2. The number of ether oxygens (including phenoxy) is 3. The zero-order valence-electron chi connectivity index (χ0n) is 20.4. The van der Waals surface area contributed by atoms with Crippen molar-refractivity contribution in [2.75, 3.05) is 50.4 Å².